The molecule has 0 atom stereocenters. The molecular weight excluding hydrogens is 434 g/mol. The lowest BCUT2D eigenvalue weighted by atomic mass is 10.2. The minimum atomic E-state index is -0.520. The van der Waals surface area contributed by atoms with Crippen molar-refractivity contribution in [3.63, 3.8) is 0 Å². The molecule has 1 amide bonds. The van der Waals surface area contributed by atoms with Crippen molar-refractivity contribution in [2.75, 3.05) is 19.0 Å². The fraction of sp³-hybridized carbons (Fsp3) is 0.158. The van der Waals surface area contributed by atoms with Gasteiger partial charge in [0.15, 0.2) is 10.4 Å². The summed E-state index contributed by atoms with van der Waals surface area (Å²) < 4.78 is 16.0. The first-order chi connectivity index (χ1) is 13.0. The number of rotatable bonds is 6. The second-order valence-corrected chi connectivity index (χ2v) is 7.19. The summed E-state index contributed by atoms with van der Waals surface area (Å²) in [5.41, 5.74) is 1.27. The minimum absolute atomic E-state index is 0.131. The standard InChI is InChI=1S/C19H16BrNO5S/c1-3-25-12-6-4-11(5-7-12)15-10-13(17(27-15)19(23)24-2)21-18(22)14-8-9-16(20)26-14/h4-10H,3H2,1-2H3,(H,21,22). The van der Waals surface area contributed by atoms with E-state index in [2.05, 4.69) is 21.2 Å². The highest BCUT2D eigenvalue weighted by molar-refractivity contribution is 9.10. The molecule has 0 saturated heterocycles. The Bertz CT molecular complexity index is 961. The topological polar surface area (TPSA) is 77.8 Å². The van der Waals surface area contributed by atoms with Crippen LogP contribution in [-0.4, -0.2) is 25.6 Å². The Morgan fingerprint density at radius 3 is 2.52 bits per heavy atom. The highest BCUT2D eigenvalue weighted by Crippen LogP contribution is 2.36. The maximum absolute atomic E-state index is 12.4. The van der Waals surface area contributed by atoms with Crippen molar-refractivity contribution in [1.82, 2.24) is 0 Å². The largest absolute Gasteiger partial charge is 0.494 e. The third-order valence-electron chi connectivity index (χ3n) is 3.60. The number of hydrogen-bond donors (Lipinski definition) is 1. The van der Waals surface area contributed by atoms with E-state index >= 15 is 0 Å². The van der Waals surface area contributed by atoms with Gasteiger partial charge < -0.3 is 19.2 Å². The number of carbonyl (C=O) groups excluding carboxylic acids is 2. The van der Waals surface area contributed by atoms with Crippen LogP contribution >= 0.6 is 27.3 Å². The molecule has 0 bridgehead atoms. The van der Waals surface area contributed by atoms with Crippen molar-refractivity contribution >= 4 is 44.8 Å². The third-order valence-corrected chi connectivity index (χ3v) is 5.19. The number of esters is 1. The van der Waals surface area contributed by atoms with Crippen molar-refractivity contribution in [3.8, 4) is 16.2 Å². The van der Waals surface area contributed by atoms with E-state index in [4.69, 9.17) is 13.9 Å². The molecule has 3 rings (SSSR count). The summed E-state index contributed by atoms with van der Waals surface area (Å²) >= 11 is 4.39. The lowest BCUT2D eigenvalue weighted by molar-refractivity contribution is 0.0607. The van der Waals surface area contributed by atoms with Gasteiger partial charge in [-0.2, -0.15) is 0 Å². The van der Waals surface area contributed by atoms with Gasteiger partial charge in [0.05, 0.1) is 19.4 Å². The van der Waals surface area contributed by atoms with Crippen molar-refractivity contribution in [2.24, 2.45) is 0 Å². The van der Waals surface area contributed by atoms with Crippen molar-refractivity contribution in [1.29, 1.82) is 0 Å². The number of nitrogens with one attached hydrogen (secondary N) is 1. The molecule has 0 radical (unpaired) electrons. The molecule has 0 spiro atoms. The van der Waals surface area contributed by atoms with Gasteiger partial charge in [-0.3, -0.25) is 4.79 Å². The molecule has 0 fully saturated rings. The van der Waals surface area contributed by atoms with Gasteiger partial charge >= 0.3 is 5.97 Å². The number of carbonyl (C=O) groups is 2. The molecule has 1 N–H and O–H groups in total. The Hall–Kier alpha value is -2.58. The molecule has 3 aromatic rings. The van der Waals surface area contributed by atoms with Gasteiger partial charge in [-0.25, -0.2) is 4.79 Å². The van der Waals surface area contributed by atoms with Gasteiger partial charge in [0.2, 0.25) is 0 Å². The van der Waals surface area contributed by atoms with Crippen LogP contribution in [0.25, 0.3) is 10.4 Å². The van der Waals surface area contributed by atoms with Gasteiger partial charge in [-0.05, 0) is 70.9 Å². The summed E-state index contributed by atoms with van der Waals surface area (Å²) in [5, 5.41) is 2.71. The summed E-state index contributed by atoms with van der Waals surface area (Å²) in [5.74, 6) is -0.0792. The smallest absolute Gasteiger partial charge is 0.350 e. The molecule has 0 saturated carbocycles. The highest BCUT2D eigenvalue weighted by atomic mass is 79.9. The van der Waals surface area contributed by atoms with Gasteiger partial charge in [-0.1, -0.05) is 0 Å². The fourth-order valence-electron chi connectivity index (χ4n) is 2.37. The molecule has 8 heteroatoms. The lowest BCUT2D eigenvalue weighted by Crippen LogP contribution is -2.13. The summed E-state index contributed by atoms with van der Waals surface area (Å²) in [6.07, 6.45) is 0. The first-order valence-corrected chi connectivity index (χ1v) is 9.64. The van der Waals surface area contributed by atoms with E-state index in [1.54, 1.807) is 12.1 Å². The molecule has 0 aliphatic heterocycles. The quantitative estimate of drug-likeness (QED) is 0.522. The maximum Gasteiger partial charge on any atom is 0.350 e. The molecule has 1 aromatic carbocycles. The van der Waals surface area contributed by atoms with E-state index in [0.717, 1.165) is 16.2 Å². The average molecular weight is 450 g/mol. The van der Waals surface area contributed by atoms with Gasteiger partial charge in [0.25, 0.3) is 5.91 Å². The molecule has 0 aliphatic carbocycles. The fourth-order valence-corrected chi connectivity index (χ4v) is 3.72. The van der Waals surface area contributed by atoms with Crippen LogP contribution in [-0.2, 0) is 4.74 Å². The monoisotopic (exact) mass is 449 g/mol. The maximum atomic E-state index is 12.4. The number of amides is 1. The predicted molar refractivity (Wildman–Crippen MR) is 107 cm³/mol. The molecule has 0 aliphatic rings. The van der Waals surface area contributed by atoms with Gasteiger partial charge in [0.1, 0.15) is 10.6 Å². The van der Waals surface area contributed by atoms with E-state index in [9.17, 15) is 9.59 Å². The molecule has 2 aromatic heterocycles. The SMILES string of the molecule is CCOc1ccc(-c2cc(NC(=O)c3ccc(Br)o3)c(C(=O)OC)s2)cc1. The van der Waals surface area contributed by atoms with E-state index < -0.39 is 11.9 Å². The Balaban J connectivity index is 1.90. The molecule has 0 unspecified atom stereocenters. The predicted octanol–water partition coefficient (Wildman–Crippen LogP) is 5.21. The molecule has 27 heavy (non-hydrogen) atoms. The van der Waals surface area contributed by atoms with Crippen LogP contribution in [0.1, 0.15) is 27.2 Å². The zero-order chi connectivity index (χ0) is 19.4. The number of hydrogen-bond acceptors (Lipinski definition) is 6. The lowest BCUT2D eigenvalue weighted by Gasteiger charge is -2.03. The number of halogens is 1. The summed E-state index contributed by atoms with van der Waals surface area (Å²) in [6.45, 7) is 2.51. The number of thiophene rings is 1. The number of methoxy groups -OCH3 is 1. The molecule has 140 valence electrons. The van der Waals surface area contributed by atoms with E-state index in [-0.39, 0.29) is 5.76 Å². The van der Waals surface area contributed by atoms with Crippen LogP contribution < -0.4 is 10.1 Å². The summed E-state index contributed by atoms with van der Waals surface area (Å²) in [4.78, 5) is 25.6. The average Bonchev–Trinajstić information content (AvgIpc) is 3.28. The van der Waals surface area contributed by atoms with E-state index in [1.807, 2.05) is 31.2 Å². The molecule has 2 heterocycles. The Morgan fingerprint density at radius 1 is 1.19 bits per heavy atom. The number of anilines is 1. The second-order valence-electron chi connectivity index (χ2n) is 5.36. The Labute approximate surface area is 168 Å². The van der Waals surface area contributed by atoms with Crippen LogP contribution in [0.5, 0.6) is 5.75 Å². The van der Waals surface area contributed by atoms with E-state index in [0.29, 0.717) is 21.8 Å². The van der Waals surface area contributed by atoms with Crippen LogP contribution in [0.4, 0.5) is 5.69 Å². The molecule has 6 nitrogen and oxygen atoms in total. The van der Waals surface area contributed by atoms with Crippen molar-refractivity contribution in [3.05, 3.63) is 57.8 Å². The number of ether oxygens (including phenoxy) is 2. The molecular formula is C19H16BrNO5S. The number of benzene rings is 1. The van der Waals surface area contributed by atoms with Crippen molar-refractivity contribution in [2.45, 2.75) is 6.92 Å². The minimum Gasteiger partial charge on any atom is -0.494 e. The van der Waals surface area contributed by atoms with Crippen LogP contribution in [0.3, 0.4) is 0 Å². The zero-order valence-corrected chi connectivity index (χ0v) is 17.0. The van der Waals surface area contributed by atoms with Crippen LogP contribution in [0.15, 0.2) is 51.6 Å². The van der Waals surface area contributed by atoms with Gasteiger partial charge in [0, 0.05) is 4.88 Å². The normalized spacial score (nSPS) is 10.5. The zero-order valence-electron chi connectivity index (χ0n) is 14.6. The first-order valence-electron chi connectivity index (χ1n) is 8.04. The third kappa shape index (κ3) is 4.40. The second kappa shape index (κ2) is 8.41. The van der Waals surface area contributed by atoms with Crippen LogP contribution in [0, 0.1) is 0 Å². The first kappa shape index (κ1) is 19.2. The highest BCUT2D eigenvalue weighted by Gasteiger charge is 2.21. The number of furan rings is 1. The summed E-state index contributed by atoms with van der Waals surface area (Å²) in [6, 6.07) is 12.4. The van der Waals surface area contributed by atoms with Crippen LogP contribution in [0.2, 0.25) is 0 Å². The summed E-state index contributed by atoms with van der Waals surface area (Å²) in [7, 11) is 1.30. The Morgan fingerprint density at radius 2 is 1.93 bits per heavy atom. The Kier molecular flexibility index (Phi) is 5.98. The van der Waals surface area contributed by atoms with Crippen molar-refractivity contribution < 1.29 is 23.5 Å². The van der Waals surface area contributed by atoms with E-state index in [1.165, 1.54) is 24.5 Å². The van der Waals surface area contributed by atoms with Gasteiger partial charge in [-0.15, -0.1) is 11.3 Å².